The maximum absolute atomic E-state index is 11.9. The van der Waals surface area contributed by atoms with Crippen LogP contribution in [0.15, 0.2) is 0 Å². The number of hydrogen-bond donors (Lipinski definition) is 1. The van der Waals surface area contributed by atoms with E-state index in [0.717, 1.165) is 13.0 Å². The molecule has 14 heavy (non-hydrogen) atoms. The molecule has 0 radical (unpaired) electrons. The molecule has 0 aliphatic heterocycles. The molecular weight excluding hydrogens is 193 g/mol. The minimum Gasteiger partial charge on any atom is -0.314 e. The van der Waals surface area contributed by atoms with E-state index in [1.165, 1.54) is 24.8 Å². The van der Waals surface area contributed by atoms with E-state index in [4.69, 9.17) is 0 Å². The van der Waals surface area contributed by atoms with Crippen molar-refractivity contribution in [3.05, 3.63) is 0 Å². The van der Waals surface area contributed by atoms with Crippen LogP contribution in [0.5, 0.6) is 0 Å². The predicted octanol–water partition coefficient (Wildman–Crippen LogP) is 1.62. The zero-order chi connectivity index (χ0) is 10.6. The van der Waals surface area contributed by atoms with E-state index < -0.39 is 12.7 Å². The van der Waals surface area contributed by atoms with Gasteiger partial charge >= 0.3 is 6.18 Å². The first-order valence-corrected chi connectivity index (χ1v) is 4.96. The van der Waals surface area contributed by atoms with Crippen LogP contribution in [-0.2, 0) is 0 Å². The Balaban J connectivity index is 1.93. The number of halogens is 3. The minimum atomic E-state index is -4.07. The summed E-state index contributed by atoms with van der Waals surface area (Å²) in [6.45, 7) is 0.516. The van der Waals surface area contributed by atoms with E-state index in [9.17, 15) is 13.2 Å². The molecule has 0 bridgehead atoms. The van der Waals surface area contributed by atoms with Gasteiger partial charge in [-0.15, -0.1) is 0 Å². The summed E-state index contributed by atoms with van der Waals surface area (Å²) < 4.78 is 35.7. The van der Waals surface area contributed by atoms with Crippen molar-refractivity contribution in [2.75, 3.05) is 26.7 Å². The molecule has 0 spiro atoms. The van der Waals surface area contributed by atoms with Gasteiger partial charge in [0.2, 0.25) is 0 Å². The first kappa shape index (κ1) is 11.8. The topological polar surface area (TPSA) is 15.3 Å². The highest BCUT2D eigenvalue weighted by molar-refractivity contribution is 4.80. The highest BCUT2D eigenvalue weighted by Crippen LogP contribution is 2.18. The van der Waals surface area contributed by atoms with Crippen LogP contribution < -0.4 is 5.32 Å². The Labute approximate surface area is 82.5 Å². The molecule has 0 saturated heterocycles. The summed E-state index contributed by atoms with van der Waals surface area (Å²) in [6, 6.07) is 0.642. The molecular formula is C9H17F3N2. The summed E-state index contributed by atoms with van der Waals surface area (Å²) >= 11 is 0. The van der Waals surface area contributed by atoms with Crippen molar-refractivity contribution in [3.8, 4) is 0 Å². The normalized spacial score (nSPS) is 17.8. The lowest BCUT2D eigenvalue weighted by Gasteiger charge is -2.18. The fourth-order valence-electron chi connectivity index (χ4n) is 1.33. The maximum atomic E-state index is 11.9. The molecule has 0 aromatic carbocycles. The van der Waals surface area contributed by atoms with Crippen LogP contribution in [0.25, 0.3) is 0 Å². The Morgan fingerprint density at radius 1 is 1.36 bits per heavy atom. The molecule has 0 atom stereocenters. The van der Waals surface area contributed by atoms with Gasteiger partial charge in [0, 0.05) is 6.04 Å². The second-order valence-electron chi connectivity index (χ2n) is 3.93. The third-order valence-electron chi connectivity index (χ3n) is 2.18. The van der Waals surface area contributed by atoms with Crippen molar-refractivity contribution in [2.45, 2.75) is 31.5 Å². The van der Waals surface area contributed by atoms with E-state index in [1.807, 2.05) is 0 Å². The summed E-state index contributed by atoms with van der Waals surface area (Å²) in [5.41, 5.74) is 0. The molecule has 1 aliphatic carbocycles. The van der Waals surface area contributed by atoms with Gasteiger partial charge in [-0.3, -0.25) is 4.90 Å². The zero-order valence-electron chi connectivity index (χ0n) is 8.40. The largest absolute Gasteiger partial charge is 0.401 e. The second kappa shape index (κ2) is 4.98. The van der Waals surface area contributed by atoms with Crippen LogP contribution >= 0.6 is 0 Å². The van der Waals surface area contributed by atoms with Gasteiger partial charge in [-0.25, -0.2) is 0 Å². The molecule has 0 aromatic heterocycles. The van der Waals surface area contributed by atoms with Gasteiger partial charge < -0.3 is 5.32 Å². The highest BCUT2D eigenvalue weighted by atomic mass is 19.4. The van der Waals surface area contributed by atoms with Crippen LogP contribution in [0.4, 0.5) is 13.2 Å². The van der Waals surface area contributed by atoms with E-state index in [1.54, 1.807) is 0 Å². The molecule has 1 aliphatic rings. The van der Waals surface area contributed by atoms with Crippen molar-refractivity contribution < 1.29 is 13.2 Å². The third kappa shape index (κ3) is 6.21. The lowest BCUT2D eigenvalue weighted by molar-refractivity contribution is -0.143. The molecule has 0 aromatic rings. The smallest absolute Gasteiger partial charge is 0.314 e. The van der Waals surface area contributed by atoms with Crippen LogP contribution in [-0.4, -0.2) is 43.8 Å². The van der Waals surface area contributed by atoms with Crippen LogP contribution in [0.2, 0.25) is 0 Å². The Morgan fingerprint density at radius 3 is 2.50 bits per heavy atom. The van der Waals surface area contributed by atoms with Gasteiger partial charge in [0.05, 0.1) is 6.54 Å². The Bertz CT molecular complexity index is 166. The molecule has 2 nitrogen and oxygen atoms in total. The first-order chi connectivity index (χ1) is 6.47. The van der Waals surface area contributed by atoms with Gasteiger partial charge in [-0.1, -0.05) is 0 Å². The van der Waals surface area contributed by atoms with E-state index >= 15 is 0 Å². The minimum absolute atomic E-state index is 0.499. The van der Waals surface area contributed by atoms with Gasteiger partial charge in [-0.2, -0.15) is 13.2 Å². The second-order valence-corrected chi connectivity index (χ2v) is 3.93. The average Bonchev–Trinajstić information content (AvgIpc) is 2.77. The summed E-state index contributed by atoms with van der Waals surface area (Å²) in [7, 11) is 1.50. The molecule has 1 N–H and O–H groups in total. The molecule has 1 fully saturated rings. The number of nitrogens with one attached hydrogen (secondary N) is 1. The first-order valence-electron chi connectivity index (χ1n) is 4.96. The Kier molecular flexibility index (Phi) is 4.19. The van der Waals surface area contributed by atoms with Crippen molar-refractivity contribution in [3.63, 3.8) is 0 Å². The lowest BCUT2D eigenvalue weighted by atomic mass is 10.4. The molecule has 1 saturated carbocycles. The molecule has 0 heterocycles. The quantitative estimate of drug-likeness (QED) is 0.670. The van der Waals surface area contributed by atoms with Gasteiger partial charge in [0.25, 0.3) is 0 Å². The van der Waals surface area contributed by atoms with Crippen molar-refractivity contribution >= 4 is 0 Å². The molecule has 0 unspecified atom stereocenters. The Morgan fingerprint density at radius 2 is 2.00 bits per heavy atom. The van der Waals surface area contributed by atoms with Crippen LogP contribution in [0.1, 0.15) is 19.3 Å². The van der Waals surface area contributed by atoms with Crippen molar-refractivity contribution in [1.82, 2.24) is 10.2 Å². The lowest BCUT2D eigenvalue weighted by Crippen LogP contribution is -2.33. The van der Waals surface area contributed by atoms with E-state index in [2.05, 4.69) is 5.32 Å². The predicted molar refractivity (Wildman–Crippen MR) is 49.2 cm³/mol. The fraction of sp³-hybridized carbons (Fsp3) is 1.00. The highest BCUT2D eigenvalue weighted by Gasteiger charge is 2.28. The van der Waals surface area contributed by atoms with Crippen molar-refractivity contribution in [2.24, 2.45) is 0 Å². The number of rotatable bonds is 6. The summed E-state index contributed by atoms with van der Waals surface area (Å²) in [4.78, 5) is 1.31. The maximum Gasteiger partial charge on any atom is 0.401 e. The molecule has 1 rings (SSSR count). The SMILES string of the molecule is CN(CCCNC1CC1)CC(F)(F)F. The Hall–Kier alpha value is -0.290. The third-order valence-corrected chi connectivity index (χ3v) is 2.18. The number of nitrogens with zero attached hydrogens (tertiary/aromatic N) is 1. The van der Waals surface area contributed by atoms with Gasteiger partial charge in [0.1, 0.15) is 0 Å². The summed E-state index contributed by atoms with van der Waals surface area (Å²) in [5, 5.41) is 3.27. The molecule has 0 amide bonds. The summed E-state index contributed by atoms with van der Waals surface area (Å²) in [5.74, 6) is 0. The molecule has 84 valence electrons. The van der Waals surface area contributed by atoms with Gasteiger partial charge in [0.15, 0.2) is 0 Å². The summed E-state index contributed by atoms with van der Waals surface area (Å²) in [6.07, 6.45) is -0.849. The van der Waals surface area contributed by atoms with E-state index in [-0.39, 0.29) is 0 Å². The number of alkyl halides is 3. The number of hydrogen-bond acceptors (Lipinski definition) is 2. The van der Waals surface area contributed by atoms with Gasteiger partial charge in [-0.05, 0) is 39.4 Å². The van der Waals surface area contributed by atoms with E-state index in [0.29, 0.717) is 12.6 Å². The zero-order valence-corrected chi connectivity index (χ0v) is 8.40. The van der Waals surface area contributed by atoms with Crippen LogP contribution in [0, 0.1) is 0 Å². The average molecular weight is 210 g/mol. The monoisotopic (exact) mass is 210 g/mol. The molecule has 5 heteroatoms. The standard InChI is InChI=1S/C9H17F3N2/c1-14(7-9(10,11)12)6-2-5-13-8-3-4-8/h8,13H,2-7H2,1H3. The fourth-order valence-corrected chi connectivity index (χ4v) is 1.33. The van der Waals surface area contributed by atoms with Crippen LogP contribution in [0.3, 0.4) is 0 Å². The van der Waals surface area contributed by atoms with Crippen molar-refractivity contribution in [1.29, 1.82) is 0 Å².